The number of halogens is 1. The number of furan rings is 1. The van der Waals surface area contributed by atoms with E-state index in [2.05, 4.69) is 6.92 Å². The summed E-state index contributed by atoms with van der Waals surface area (Å²) >= 11 is 0. The molecule has 0 bridgehead atoms. The van der Waals surface area contributed by atoms with Gasteiger partial charge in [-0.3, -0.25) is 9.59 Å². The fourth-order valence-electron chi connectivity index (χ4n) is 3.94. The van der Waals surface area contributed by atoms with Gasteiger partial charge in [-0.2, -0.15) is 0 Å². The third kappa shape index (κ3) is 4.59. The number of hydrogen-bond donors (Lipinski definition) is 1. The number of likely N-dealkylation sites (tertiary alicyclic amines) is 1. The van der Waals surface area contributed by atoms with Gasteiger partial charge in [0.2, 0.25) is 0 Å². The molecule has 3 aromatic rings. The van der Waals surface area contributed by atoms with Crippen molar-refractivity contribution in [2.45, 2.75) is 39.3 Å². The highest BCUT2D eigenvalue weighted by atomic mass is 19.1. The molecule has 0 saturated carbocycles. The van der Waals surface area contributed by atoms with Crippen LogP contribution in [-0.4, -0.2) is 28.3 Å². The highest BCUT2D eigenvalue weighted by Gasteiger charge is 2.46. The summed E-state index contributed by atoms with van der Waals surface area (Å²) in [5, 5.41) is 11.1. The first-order chi connectivity index (χ1) is 16.4. The summed E-state index contributed by atoms with van der Waals surface area (Å²) in [6, 6.07) is 13.8. The van der Waals surface area contributed by atoms with Crippen molar-refractivity contribution in [3.8, 4) is 5.75 Å². The summed E-state index contributed by atoms with van der Waals surface area (Å²) in [5.74, 6) is -1.38. The molecule has 7 heteroatoms. The van der Waals surface area contributed by atoms with Crippen molar-refractivity contribution in [3.05, 3.63) is 94.7 Å². The summed E-state index contributed by atoms with van der Waals surface area (Å²) in [6.45, 7) is 4.31. The van der Waals surface area contributed by atoms with Crippen molar-refractivity contribution in [1.29, 1.82) is 0 Å². The second kappa shape index (κ2) is 9.95. The molecular weight excluding hydrogens is 437 g/mol. The Hall–Kier alpha value is -3.87. The number of nitrogens with zero attached hydrogens (tertiary/aromatic N) is 1. The monoisotopic (exact) mass is 463 g/mol. The molecule has 176 valence electrons. The quantitative estimate of drug-likeness (QED) is 0.206. The maximum atomic E-state index is 14.2. The fourth-order valence-corrected chi connectivity index (χ4v) is 3.94. The Morgan fingerprint density at radius 3 is 2.56 bits per heavy atom. The van der Waals surface area contributed by atoms with Crippen LogP contribution in [0.5, 0.6) is 5.75 Å². The van der Waals surface area contributed by atoms with E-state index in [0.29, 0.717) is 29.2 Å². The van der Waals surface area contributed by atoms with Crippen molar-refractivity contribution in [2.24, 2.45) is 0 Å². The number of benzene rings is 2. The molecule has 1 N–H and O–H groups in total. The van der Waals surface area contributed by atoms with Gasteiger partial charge in [0.25, 0.3) is 11.7 Å². The lowest BCUT2D eigenvalue weighted by molar-refractivity contribution is -0.140. The topological polar surface area (TPSA) is 80.0 Å². The number of unbranched alkanes of at least 4 members (excludes halogenated alkanes) is 1. The van der Waals surface area contributed by atoms with Gasteiger partial charge in [0.05, 0.1) is 31.0 Å². The van der Waals surface area contributed by atoms with Crippen LogP contribution in [-0.2, 0) is 16.1 Å². The zero-order valence-electron chi connectivity index (χ0n) is 19.1. The lowest BCUT2D eigenvalue weighted by Crippen LogP contribution is -2.29. The van der Waals surface area contributed by atoms with Crippen LogP contribution in [0.3, 0.4) is 0 Å². The van der Waals surface area contributed by atoms with Crippen LogP contribution in [0, 0.1) is 12.7 Å². The Balaban J connectivity index is 1.77. The molecule has 0 spiro atoms. The van der Waals surface area contributed by atoms with Gasteiger partial charge in [0.15, 0.2) is 0 Å². The average molecular weight is 464 g/mol. The average Bonchev–Trinajstić information content (AvgIpc) is 3.43. The highest BCUT2D eigenvalue weighted by molar-refractivity contribution is 6.46. The Morgan fingerprint density at radius 1 is 1.15 bits per heavy atom. The van der Waals surface area contributed by atoms with E-state index in [1.54, 1.807) is 43.3 Å². The Labute approximate surface area is 197 Å². The van der Waals surface area contributed by atoms with Gasteiger partial charge in [0.1, 0.15) is 23.1 Å². The molecule has 2 heterocycles. The number of ketones is 1. The van der Waals surface area contributed by atoms with E-state index in [-0.39, 0.29) is 17.7 Å². The standard InChI is InChI=1S/C27H26FNO5/c1-3-4-13-33-20-11-9-18(10-12-20)24-23(25(30)19-8-7-17(2)22(28)15-19)26(31)27(32)29(24)16-21-6-5-14-34-21/h5-12,14-15,24,30H,3-4,13,16H2,1-2H3/b25-23+. The summed E-state index contributed by atoms with van der Waals surface area (Å²) in [4.78, 5) is 27.4. The molecule has 1 saturated heterocycles. The number of rotatable bonds is 8. The first-order valence-electron chi connectivity index (χ1n) is 11.2. The first kappa shape index (κ1) is 23.3. The summed E-state index contributed by atoms with van der Waals surface area (Å²) < 4.78 is 25.3. The van der Waals surface area contributed by atoms with Crippen molar-refractivity contribution < 1.29 is 28.2 Å². The van der Waals surface area contributed by atoms with E-state index in [1.807, 2.05) is 0 Å². The number of Topliss-reactive ketones (excluding diaryl/α,β-unsaturated/α-hetero) is 1. The van der Waals surface area contributed by atoms with Crippen molar-refractivity contribution in [2.75, 3.05) is 6.61 Å². The molecule has 1 aliphatic heterocycles. The Kier molecular flexibility index (Phi) is 6.82. The number of aliphatic hydroxyl groups excluding tert-OH is 1. The van der Waals surface area contributed by atoms with Crippen LogP contribution in [0.25, 0.3) is 5.76 Å². The molecular formula is C27H26FNO5. The number of carbonyl (C=O) groups excluding carboxylic acids is 2. The summed E-state index contributed by atoms with van der Waals surface area (Å²) in [7, 11) is 0. The van der Waals surface area contributed by atoms with Gasteiger partial charge >= 0.3 is 0 Å². The van der Waals surface area contributed by atoms with Crippen molar-refractivity contribution >= 4 is 17.4 Å². The van der Waals surface area contributed by atoms with Crippen LogP contribution in [0.4, 0.5) is 4.39 Å². The lowest BCUT2D eigenvalue weighted by atomic mass is 9.95. The summed E-state index contributed by atoms with van der Waals surface area (Å²) in [6.07, 6.45) is 3.43. The molecule has 1 aromatic heterocycles. The van der Waals surface area contributed by atoms with Gasteiger partial charge in [-0.05, 0) is 54.8 Å². The predicted molar refractivity (Wildman–Crippen MR) is 125 cm³/mol. The minimum atomic E-state index is -0.876. The molecule has 4 rings (SSSR count). The van der Waals surface area contributed by atoms with E-state index < -0.39 is 29.3 Å². The summed E-state index contributed by atoms with van der Waals surface area (Å²) in [5.41, 5.74) is 1.05. The molecule has 34 heavy (non-hydrogen) atoms. The largest absolute Gasteiger partial charge is 0.507 e. The third-order valence-electron chi connectivity index (χ3n) is 5.85. The molecule has 1 amide bonds. The molecule has 1 unspecified atom stereocenters. The molecule has 2 aromatic carbocycles. The van der Waals surface area contributed by atoms with Gasteiger partial charge in [-0.1, -0.05) is 37.6 Å². The molecule has 1 aliphatic rings. The fraction of sp³-hybridized carbons (Fsp3) is 0.259. The zero-order valence-corrected chi connectivity index (χ0v) is 19.1. The van der Waals surface area contributed by atoms with E-state index in [9.17, 15) is 19.1 Å². The zero-order chi connectivity index (χ0) is 24.2. The molecule has 0 aliphatic carbocycles. The first-order valence-corrected chi connectivity index (χ1v) is 11.2. The van der Waals surface area contributed by atoms with Gasteiger partial charge in [0, 0.05) is 5.56 Å². The van der Waals surface area contributed by atoms with Crippen LogP contribution >= 0.6 is 0 Å². The number of ether oxygens (including phenoxy) is 1. The highest BCUT2D eigenvalue weighted by Crippen LogP contribution is 2.40. The number of amides is 1. The Bertz CT molecular complexity index is 1210. The maximum absolute atomic E-state index is 14.2. The van der Waals surface area contributed by atoms with E-state index in [1.165, 1.54) is 23.3 Å². The second-order valence-corrected chi connectivity index (χ2v) is 8.24. The normalized spacial score (nSPS) is 17.4. The van der Waals surface area contributed by atoms with E-state index in [4.69, 9.17) is 9.15 Å². The third-order valence-corrected chi connectivity index (χ3v) is 5.85. The van der Waals surface area contributed by atoms with Crippen molar-refractivity contribution in [1.82, 2.24) is 4.90 Å². The van der Waals surface area contributed by atoms with Crippen LogP contribution in [0.15, 0.2) is 70.9 Å². The lowest BCUT2D eigenvalue weighted by Gasteiger charge is -2.24. The van der Waals surface area contributed by atoms with Crippen LogP contribution < -0.4 is 4.74 Å². The number of carbonyl (C=O) groups is 2. The van der Waals surface area contributed by atoms with Gasteiger partial charge in [-0.25, -0.2) is 4.39 Å². The predicted octanol–water partition coefficient (Wildman–Crippen LogP) is 5.53. The van der Waals surface area contributed by atoms with Gasteiger partial charge in [-0.15, -0.1) is 0 Å². The molecule has 1 fully saturated rings. The SMILES string of the molecule is CCCCOc1ccc(C2/C(=C(\O)c3ccc(C)c(F)c3)C(=O)C(=O)N2Cc2ccco2)cc1. The van der Waals surface area contributed by atoms with Crippen molar-refractivity contribution in [3.63, 3.8) is 0 Å². The minimum absolute atomic E-state index is 0.0377. The van der Waals surface area contributed by atoms with E-state index >= 15 is 0 Å². The van der Waals surface area contributed by atoms with Gasteiger partial charge < -0.3 is 19.2 Å². The smallest absolute Gasteiger partial charge is 0.296 e. The second-order valence-electron chi connectivity index (χ2n) is 8.24. The van der Waals surface area contributed by atoms with Crippen LogP contribution in [0.2, 0.25) is 0 Å². The maximum Gasteiger partial charge on any atom is 0.296 e. The minimum Gasteiger partial charge on any atom is -0.507 e. The number of aryl methyl sites for hydroxylation is 1. The molecule has 0 radical (unpaired) electrons. The molecule has 6 nitrogen and oxygen atoms in total. The Morgan fingerprint density at radius 2 is 1.91 bits per heavy atom. The number of aliphatic hydroxyl groups is 1. The number of hydrogen-bond acceptors (Lipinski definition) is 5. The van der Waals surface area contributed by atoms with E-state index in [0.717, 1.165) is 18.9 Å². The van der Waals surface area contributed by atoms with Crippen LogP contribution in [0.1, 0.15) is 48.3 Å². The molecule has 1 atom stereocenters.